The molecule has 1 aliphatic heterocycles. The zero-order valence-corrected chi connectivity index (χ0v) is 17.0. The summed E-state index contributed by atoms with van der Waals surface area (Å²) in [5.41, 5.74) is 3.16. The molecule has 28 heavy (non-hydrogen) atoms. The van der Waals surface area contributed by atoms with Crippen molar-refractivity contribution in [3.63, 3.8) is 0 Å². The third-order valence-electron chi connectivity index (χ3n) is 4.73. The summed E-state index contributed by atoms with van der Waals surface area (Å²) in [5.74, 6) is 0.154. The highest BCUT2D eigenvalue weighted by molar-refractivity contribution is 7.45. The Morgan fingerprint density at radius 3 is 2.07 bits per heavy atom. The summed E-state index contributed by atoms with van der Waals surface area (Å²) in [7, 11) is -4.64. The Balaban J connectivity index is 0.000000500. The number of carbonyl (C=O) groups is 1. The number of amides is 1. The highest BCUT2D eigenvalue weighted by atomic mass is 31.2. The molecule has 1 aliphatic rings. The van der Waals surface area contributed by atoms with Gasteiger partial charge in [0.05, 0.1) is 6.04 Å². The molecule has 1 unspecified atom stereocenters. The Morgan fingerprint density at radius 1 is 0.964 bits per heavy atom. The molecule has 152 valence electrons. The molecule has 0 fully saturated rings. The zero-order chi connectivity index (χ0) is 20.7. The average molecular weight is 406 g/mol. The lowest BCUT2D eigenvalue weighted by atomic mass is 9.98. The standard InChI is InChI=1S/C20H24N2O.H3O4P/c1-3-21(4-2)14-15-22-19(16-10-6-5-7-11-16)17-12-8-9-13-18(17)20(22)23;1-5(2,3)4/h5-13,19H,3-4,14-15H2,1-2H3;(H3,1,2,3,4). The molecule has 8 heteroatoms. The molecular weight excluding hydrogens is 379 g/mol. The highest BCUT2D eigenvalue weighted by Gasteiger charge is 2.36. The van der Waals surface area contributed by atoms with E-state index in [1.54, 1.807) is 0 Å². The van der Waals surface area contributed by atoms with E-state index in [1.807, 2.05) is 41.3 Å². The Morgan fingerprint density at radius 2 is 1.50 bits per heavy atom. The van der Waals surface area contributed by atoms with Crippen molar-refractivity contribution >= 4 is 13.7 Å². The van der Waals surface area contributed by atoms with E-state index in [1.165, 1.54) is 5.56 Å². The molecule has 0 saturated carbocycles. The third-order valence-corrected chi connectivity index (χ3v) is 4.73. The number of rotatable bonds is 6. The normalized spacial score (nSPS) is 16.0. The van der Waals surface area contributed by atoms with E-state index in [0.717, 1.165) is 37.3 Å². The second kappa shape index (κ2) is 9.96. The van der Waals surface area contributed by atoms with Gasteiger partial charge in [0, 0.05) is 18.7 Å². The smallest absolute Gasteiger partial charge is 0.326 e. The van der Waals surface area contributed by atoms with Crippen LogP contribution in [0, 0.1) is 0 Å². The minimum absolute atomic E-state index is 0.0375. The molecule has 3 N–H and O–H groups in total. The van der Waals surface area contributed by atoms with Crippen molar-refractivity contribution in [3.05, 3.63) is 71.3 Å². The van der Waals surface area contributed by atoms with Gasteiger partial charge in [0.25, 0.3) is 5.91 Å². The first-order chi connectivity index (χ1) is 13.3. The van der Waals surface area contributed by atoms with E-state index in [0.29, 0.717) is 0 Å². The molecule has 0 aromatic heterocycles. The van der Waals surface area contributed by atoms with Crippen molar-refractivity contribution in [2.45, 2.75) is 19.9 Å². The van der Waals surface area contributed by atoms with Crippen LogP contribution in [0.3, 0.4) is 0 Å². The van der Waals surface area contributed by atoms with Gasteiger partial charge in [-0.1, -0.05) is 62.4 Å². The molecule has 0 radical (unpaired) electrons. The summed E-state index contributed by atoms with van der Waals surface area (Å²) in [5, 5.41) is 0. The lowest BCUT2D eigenvalue weighted by molar-refractivity contribution is 0.0729. The van der Waals surface area contributed by atoms with E-state index in [-0.39, 0.29) is 11.9 Å². The quantitative estimate of drug-likeness (QED) is 0.638. The predicted molar refractivity (Wildman–Crippen MR) is 108 cm³/mol. The number of phosphoric acid groups is 1. The summed E-state index contributed by atoms with van der Waals surface area (Å²) < 4.78 is 8.88. The van der Waals surface area contributed by atoms with Crippen LogP contribution in [0.15, 0.2) is 54.6 Å². The molecule has 0 saturated heterocycles. The van der Waals surface area contributed by atoms with Crippen molar-refractivity contribution in [1.82, 2.24) is 9.80 Å². The summed E-state index contributed by atoms with van der Waals surface area (Å²) in [6.07, 6.45) is 0. The van der Waals surface area contributed by atoms with E-state index in [2.05, 4.69) is 36.9 Å². The van der Waals surface area contributed by atoms with Crippen molar-refractivity contribution in [1.29, 1.82) is 0 Å². The van der Waals surface area contributed by atoms with Gasteiger partial charge in [0.15, 0.2) is 0 Å². The molecular formula is C20H27N2O5P. The number of likely N-dealkylation sites (N-methyl/N-ethyl adjacent to an activating group) is 1. The van der Waals surface area contributed by atoms with Gasteiger partial charge in [0.2, 0.25) is 0 Å². The van der Waals surface area contributed by atoms with Crippen molar-refractivity contribution in [2.75, 3.05) is 26.2 Å². The van der Waals surface area contributed by atoms with Crippen LogP contribution in [0.4, 0.5) is 0 Å². The zero-order valence-electron chi connectivity index (χ0n) is 16.1. The minimum atomic E-state index is -4.64. The van der Waals surface area contributed by atoms with Crippen molar-refractivity contribution in [3.8, 4) is 0 Å². The van der Waals surface area contributed by atoms with Gasteiger partial charge in [0.1, 0.15) is 0 Å². The fraction of sp³-hybridized carbons (Fsp3) is 0.350. The molecule has 2 aromatic rings. The fourth-order valence-electron chi connectivity index (χ4n) is 3.38. The summed E-state index contributed by atoms with van der Waals surface area (Å²) in [6.45, 7) is 8.03. The van der Waals surface area contributed by atoms with Gasteiger partial charge >= 0.3 is 7.82 Å². The van der Waals surface area contributed by atoms with Gasteiger partial charge in [-0.15, -0.1) is 0 Å². The van der Waals surface area contributed by atoms with Crippen LogP contribution in [0.5, 0.6) is 0 Å². The minimum Gasteiger partial charge on any atom is -0.326 e. The maximum atomic E-state index is 12.9. The molecule has 0 bridgehead atoms. The van der Waals surface area contributed by atoms with Crippen LogP contribution >= 0.6 is 7.82 Å². The Kier molecular flexibility index (Phi) is 7.92. The van der Waals surface area contributed by atoms with Crippen LogP contribution in [0.25, 0.3) is 0 Å². The molecule has 3 rings (SSSR count). The first-order valence-corrected chi connectivity index (χ1v) is 10.8. The molecule has 2 aromatic carbocycles. The van der Waals surface area contributed by atoms with Crippen LogP contribution in [-0.2, 0) is 4.57 Å². The molecule has 0 aliphatic carbocycles. The Hall–Kier alpha value is -2.02. The van der Waals surface area contributed by atoms with Gasteiger partial charge < -0.3 is 24.5 Å². The Labute approximate surface area is 165 Å². The number of hydrogen-bond donors (Lipinski definition) is 3. The van der Waals surface area contributed by atoms with Gasteiger partial charge in [-0.2, -0.15) is 0 Å². The SMILES string of the molecule is CCN(CC)CCN1C(=O)c2ccccc2C1c1ccccc1.O=P(O)(O)O. The second-order valence-corrected chi connectivity index (χ2v) is 7.47. The van der Waals surface area contributed by atoms with E-state index >= 15 is 0 Å². The van der Waals surface area contributed by atoms with Crippen LogP contribution in [-0.4, -0.2) is 56.6 Å². The average Bonchev–Trinajstić information content (AvgIpc) is 2.94. The first kappa shape index (κ1) is 22.3. The first-order valence-electron chi connectivity index (χ1n) is 9.21. The van der Waals surface area contributed by atoms with Crippen molar-refractivity contribution in [2.24, 2.45) is 0 Å². The maximum Gasteiger partial charge on any atom is 0.466 e. The number of nitrogens with zero attached hydrogens (tertiary/aromatic N) is 2. The lowest BCUT2D eigenvalue weighted by Crippen LogP contribution is -2.37. The van der Waals surface area contributed by atoms with Crippen LogP contribution in [0.1, 0.15) is 41.4 Å². The van der Waals surface area contributed by atoms with Gasteiger partial charge in [-0.3, -0.25) is 4.79 Å². The molecule has 1 amide bonds. The second-order valence-electron chi connectivity index (χ2n) is 6.44. The highest BCUT2D eigenvalue weighted by Crippen LogP contribution is 2.37. The van der Waals surface area contributed by atoms with Crippen LogP contribution in [0.2, 0.25) is 0 Å². The van der Waals surface area contributed by atoms with Crippen LogP contribution < -0.4 is 0 Å². The number of hydrogen-bond acceptors (Lipinski definition) is 3. The number of carbonyl (C=O) groups excluding carboxylic acids is 1. The van der Waals surface area contributed by atoms with E-state index < -0.39 is 7.82 Å². The Bertz CT molecular complexity index is 812. The fourth-order valence-corrected chi connectivity index (χ4v) is 3.38. The summed E-state index contributed by atoms with van der Waals surface area (Å²) in [6, 6.07) is 18.4. The molecule has 0 spiro atoms. The molecule has 1 heterocycles. The largest absolute Gasteiger partial charge is 0.466 e. The number of benzene rings is 2. The summed E-state index contributed by atoms with van der Waals surface area (Å²) >= 11 is 0. The van der Waals surface area contributed by atoms with E-state index in [4.69, 9.17) is 19.2 Å². The molecule has 1 atom stereocenters. The summed E-state index contributed by atoms with van der Waals surface area (Å²) in [4.78, 5) is 38.8. The lowest BCUT2D eigenvalue weighted by Gasteiger charge is -2.28. The van der Waals surface area contributed by atoms with Gasteiger partial charge in [-0.05, 0) is 30.3 Å². The van der Waals surface area contributed by atoms with E-state index in [9.17, 15) is 4.79 Å². The monoisotopic (exact) mass is 406 g/mol. The van der Waals surface area contributed by atoms with Gasteiger partial charge in [-0.25, -0.2) is 4.57 Å². The molecule has 7 nitrogen and oxygen atoms in total. The topological polar surface area (TPSA) is 101 Å². The number of fused-ring (bicyclic) bond motifs is 1. The van der Waals surface area contributed by atoms with Crippen molar-refractivity contribution < 1.29 is 24.0 Å². The third kappa shape index (κ3) is 5.99. The maximum absolute atomic E-state index is 12.9. The predicted octanol–water partition coefficient (Wildman–Crippen LogP) is 2.65.